The second-order valence-corrected chi connectivity index (χ2v) is 6.31. The van der Waals surface area contributed by atoms with E-state index in [-0.39, 0.29) is 18.3 Å². The molecule has 1 aromatic rings. The summed E-state index contributed by atoms with van der Waals surface area (Å²) in [5, 5.41) is 2.67. The summed E-state index contributed by atoms with van der Waals surface area (Å²) in [5.74, 6) is -1.84. The lowest BCUT2D eigenvalue weighted by Gasteiger charge is -2.32. The van der Waals surface area contributed by atoms with Gasteiger partial charge in [-0.2, -0.15) is 0 Å². The van der Waals surface area contributed by atoms with Crippen LogP contribution in [0.25, 0.3) is 0 Å². The van der Waals surface area contributed by atoms with Gasteiger partial charge in [-0.25, -0.2) is 8.78 Å². The summed E-state index contributed by atoms with van der Waals surface area (Å²) >= 11 is 0. The van der Waals surface area contributed by atoms with Crippen LogP contribution in [0.2, 0.25) is 0 Å². The number of hydrogen-bond acceptors (Lipinski definition) is 3. The molecule has 2 aliphatic rings. The van der Waals surface area contributed by atoms with E-state index < -0.39 is 29.1 Å². The number of amides is 1. The third kappa shape index (κ3) is 3.87. The van der Waals surface area contributed by atoms with Crippen LogP contribution in [-0.4, -0.2) is 37.9 Å². The van der Waals surface area contributed by atoms with E-state index in [1.165, 1.54) is 25.8 Å². The van der Waals surface area contributed by atoms with Gasteiger partial charge in [0.05, 0.1) is 18.8 Å². The first-order valence-electron chi connectivity index (χ1n) is 8.01. The highest BCUT2D eigenvalue weighted by atomic mass is 19.1. The molecule has 0 radical (unpaired) electrons. The summed E-state index contributed by atoms with van der Waals surface area (Å²) in [6.45, 7) is 3.02. The molecule has 0 spiro atoms. The van der Waals surface area contributed by atoms with Gasteiger partial charge >= 0.3 is 0 Å². The molecule has 1 saturated heterocycles. The van der Waals surface area contributed by atoms with E-state index >= 15 is 0 Å². The van der Waals surface area contributed by atoms with E-state index in [1.54, 1.807) is 0 Å². The van der Waals surface area contributed by atoms with Crippen molar-refractivity contribution >= 4 is 5.91 Å². The normalized spacial score (nSPS) is 24.5. The van der Waals surface area contributed by atoms with Gasteiger partial charge in [-0.15, -0.1) is 0 Å². The first kappa shape index (κ1) is 16.3. The first-order chi connectivity index (χ1) is 11.1. The van der Waals surface area contributed by atoms with Crippen molar-refractivity contribution in [2.24, 2.45) is 5.92 Å². The lowest BCUT2D eigenvalue weighted by atomic mass is 10.0. The fourth-order valence-corrected chi connectivity index (χ4v) is 2.70. The summed E-state index contributed by atoms with van der Waals surface area (Å²) in [6, 6.07) is 2.02. The molecule has 1 aromatic carbocycles. The van der Waals surface area contributed by atoms with Crippen LogP contribution in [-0.2, 0) is 9.47 Å². The third-order valence-electron chi connectivity index (χ3n) is 4.36. The maximum absolute atomic E-state index is 14.1. The van der Waals surface area contributed by atoms with E-state index in [9.17, 15) is 13.6 Å². The minimum Gasteiger partial charge on any atom is -0.379 e. The Morgan fingerprint density at radius 3 is 2.87 bits per heavy atom. The molecule has 1 saturated carbocycles. The molecule has 0 bridgehead atoms. The Kier molecular flexibility index (Phi) is 4.92. The second kappa shape index (κ2) is 6.93. The average molecular weight is 325 g/mol. The smallest absolute Gasteiger partial charge is 0.257 e. The lowest BCUT2D eigenvalue weighted by molar-refractivity contribution is -0.0568. The van der Waals surface area contributed by atoms with Gasteiger partial charge in [0.25, 0.3) is 5.91 Å². The number of aryl methyl sites for hydroxylation is 1. The Bertz CT molecular complexity index is 589. The zero-order valence-electron chi connectivity index (χ0n) is 13.1. The van der Waals surface area contributed by atoms with Crippen molar-refractivity contribution in [2.75, 3.05) is 19.8 Å². The molecule has 6 heteroatoms. The maximum Gasteiger partial charge on any atom is 0.257 e. The zero-order valence-corrected chi connectivity index (χ0v) is 13.1. The Morgan fingerprint density at radius 2 is 2.13 bits per heavy atom. The van der Waals surface area contributed by atoms with Gasteiger partial charge in [-0.1, -0.05) is 6.07 Å². The Labute approximate surface area is 134 Å². The molecule has 0 aromatic heterocycles. The van der Waals surface area contributed by atoms with Gasteiger partial charge in [-0.05, 0) is 43.7 Å². The molecule has 2 atom stereocenters. The number of hydrogen-bond donors (Lipinski definition) is 1. The van der Waals surface area contributed by atoms with E-state index in [4.69, 9.17) is 9.47 Å². The van der Waals surface area contributed by atoms with Gasteiger partial charge in [0.1, 0.15) is 17.2 Å². The van der Waals surface area contributed by atoms with Crippen LogP contribution in [0.3, 0.4) is 0 Å². The topological polar surface area (TPSA) is 47.6 Å². The first-order valence-corrected chi connectivity index (χ1v) is 8.01. The standard InChI is InChI=1S/C17H21F2NO3/c1-10-2-5-12(18)15(16(10)19)17(21)20-13-9-22-7-6-14(13)23-8-11-3-4-11/h2,5,11,13-14H,3-4,6-9H2,1H3,(H,20,21)/t13-,14+/m1/s1. The number of ether oxygens (including phenoxy) is 2. The predicted octanol–water partition coefficient (Wildman–Crippen LogP) is 2.59. The van der Waals surface area contributed by atoms with Crippen molar-refractivity contribution in [1.82, 2.24) is 5.32 Å². The zero-order chi connectivity index (χ0) is 16.4. The van der Waals surface area contributed by atoms with Gasteiger partial charge in [0.15, 0.2) is 0 Å². The van der Waals surface area contributed by atoms with Gasteiger partial charge in [-0.3, -0.25) is 4.79 Å². The molecule has 126 valence electrons. The number of nitrogens with one attached hydrogen (secondary N) is 1. The Balaban J connectivity index is 1.68. The third-order valence-corrected chi connectivity index (χ3v) is 4.36. The predicted molar refractivity (Wildman–Crippen MR) is 80.2 cm³/mol. The fourth-order valence-electron chi connectivity index (χ4n) is 2.70. The quantitative estimate of drug-likeness (QED) is 0.905. The number of carbonyl (C=O) groups excluding carboxylic acids is 1. The van der Waals surface area contributed by atoms with E-state index in [2.05, 4.69) is 5.32 Å². The maximum atomic E-state index is 14.1. The van der Waals surface area contributed by atoms with Crippen LogP contribution in [0.1, 0.15) is 35.2 Å². The summed E-state index contributed by atoms with van der Waals surface area (Å²) in [5.41, 5.74) is -0.311. The lowest BCUT2D eigenvalue weighted by Crippen LogP contribution is -2.51. The van der Waals surface area contributed by atoms with Crippen LogP contribution >= 0.6 is 0 Å². The molecule has 3 rings (SSSR count). The highest BCUT2D eigenvalue weighted by molar-refractivity contribution is 5.95. The SMILES string of the molecule is Cc1ccc(F)c(C(=O)N[C@@H]2COCC[C@@H]2OCC2CC2)c1F. The van der Waals surface area contributed by atoms with Crippen molar-refractivity contribution in [3.8, 4) is 0 Å². The molecule has 0 unspecified atom stereocenters. The highest BCUT2D eigenvalue weighted by Crippen LogP contribution is 2.30. The molecule has 23 heavy (non-hydrogen) atoms. The summed E-state index contributed by atoms with van der Waals surface area (Å²) < 4.78 is 39.1. The van der Waals surface area contributed by atoms with Crippen LogP contribution in [0.15, 0.2) is 12.1 Å². The molecule has 1 N–H and O–H groups in total. The summed E-state index contributed by atoms with van der Waals surface area (Å²) in [7, 11) is 0. The van der Waals surface area contributed by atoms with Crippen molar-refractivity contribution in [1.29, 1.82) is 0 Å². The van der Waals surface area contributed by atoms with Crippen molar-refractivity contribution in [3.05, 3.63) is 34.9 Å². The molecule has 1 aliphatic heterocycles. The van der Waals surface area contributed by atoms with Crippen LogP contribution < -0.4 is 5.32 Å². The van der Waals surface area contributed by atoms with Crippen molar-refractivity contribution < 1.29 is 23.0 Å². The Hall–Kier alpha value is -1.53. The van der Waals surface area contributed by atoms with Gasteiger partial charge < -0.3 is 14.8 Å². The van der Waals surface area contributed by atoms with E-state index in [0.717, 1.165) is 6.07 Å². The monoisotopic (exact) mass is 325 g/mol. The summed E-state index contributed by atoms with van der Waals surface area (Å²) in [6.07, 6.45) is 2.85. The molecule has 4 nitrogen and oxygen atoms in total. The minimum atomic E-state index is -0.863. The van der Waals surface area contributed by atoms with Crippen molar-refractivity contribution in [3.63, 3.8) is 0 Å². The van der Waals surface area contributed by atoms with E-state index in [1.807, 2.05) is 0 Å². The molecule has 2 fully saturated rings. The molecule has 1 heterocycles. The molecule has 1 amide bonds. The van der Waals surface area contributed by atoms with Gasteiger partial charge in [0.2, 0.25) is 0 Å². The number of halogens is 2. The van der Waals surface area contributed by atoms with Crippen LogP contribution in [0, 0.1) is 24.5 Å². The van der Waals surface area contributed by atoms with Crippen LogP contribution in [0.5, 0.6) is 0 Å². The number of carbonyl (C=O) groups is 1. The second-order valence-electron chi connectivity index (χ2n) is 6.31. The number of benzene rings is 1. The van der Waals surface area contributed by atoms with Gasteiger partial charge in [0, 0.05) is 13.2 Å². The minimum absolute atomic E-state index is 0.177. The summed E-state index contributed by atoms with van der Waals surface area (Å²) in [4.78, 5) is 12.3. The number of rotatable bonds is 5. The Morgan fingerprint density at radius 1 is 1.35 bits per heavy atom. The largest absolute Gasteiger partial charge is 0.379 e. The fraction of sp³-hybridized carbons (Fsp3) is 0.588. The van der Waals surface area contributed by atoms with E-state index in [0.29, 0.717) is 25.6 Å². The highest BCUT2D eigenvalue weighted by Gasteiger charge is 2.32. The molecule has 1 aliphatic carbocycles. The van der Waals surface area contributed by atoms with Crippen LogP contribution in [0.4, 0.5) is 8.78 Å². The average Bonchev–Trinajstić information content (AvgIpc) is 3.35. The van der Waals surface area contributed by atoms with Crippen molar-refractivity contribution in [2.45, 2.75) is 38.3 Å². The molecular weight excluding hydrogens is 304 g/mol. The molecular formula is C17H21F2NO3.